The van der Waals surface area contributed by atoms with Gasteiger partial charge in [-0.25, -0.2) is 4.79 Å². The second kappa shape index (κ2) is 7.89. The fraction of sp³-hybridized carbons (Fsp3) is 0.478. The summed E-state index contributed by atoms with van der Waals surface area (Å²) in [5, 5.41) is 2.03. The molecule has 0 radical (unpaired) electrons. The van der Waals surface area contributed by atoms with Crippen LogP contribution in [-0.4, -0.2) is 53.4 Å². The van der Waals surface area contributed by atoms with Crippen molar-refractivity contribution >= 4 is 6.09 Å². The van der Waals surface area contributed by atoms with E-state index < -0.39 is 11.1 Å². The lowest BCUT2D eigenvalue weighted by molar-refractivity contribution is -0.176. The highest BCUT2D eigenvalue weighted by Gasteiger charge is 2.58. The molecule has 0 spiro atoms. The molecule has 3 heterocycles. The van der Waals surface area contributed by atoms with Crippen molar-refractivity contribution in [2.45, 2.75) is 38.5 Å². The minimum Gasteiger partial charge on any atom is -0.497 e. The number of carbonyl (C=O) groups is 1. The van der Waals surface area contributed by atoms with E-state index in [0.29, 0.717) is 26.2 Å². The van der Waals surface area contributed by atoms with Crippen LogP contribution in [0.3, 0.4) is 0 Å². The van der Waals surface area contributed by atoms with E-state index in [1.165, 1.54) is 0 Å². The van der Waals surface area contributed by atoms with Crippen LogP contribution in [0.5, 0.6) is 5.75 Å². The number of aromatic nitrogens is 1. The van der Waals surface area contributed by atoms with Gasteiger partial charge in [0.15, 0.2) is 0 Å². The van der Waals surface area contributed by atoms with E-state index in [-0.39, 0.29) is 12.0 Å². The molecule has 2 aliphatic rings. The summed E-state index contributed by atoms with van der Waals surface area (Å²) >= 11 is 0. The monoisotopic (exact) mass is 411 g/mol. The van der Waals surface area contributed by atoms with Gasteiger partial charge in [0.1, 0.15) is 11.4 Å². The Bertz CT molecular complexity index is 882. The summed E-state index contributed by atoms with van der Waals surface area (Å²) in [6.45, 7) is 7.92. The van der Waals surface area contributed by atoms with Gasteiger partial charge in [0.25, 0.3) is 0 Å². The number of nitrogens with zero attached hydrogens (tertiary/aromatic N) is 3. The summed E-state index contributed by atoms with van der Waals surface area (Å²) in [4.78, 5) is 25.0. The van der Waals surface area contributed by atoms with Crippen LogP contribution in [-0.2, 0) is 21.7 Å². The topological polar surface area (TPSA) is 64.1 Å². The van der Waals surface area contributed by atoms with Gasteiger partial charge in [-0.2, -0.15) is 5.06 Å². The van der Waals surface area contributed by atoms with E-state index in [1.54, 1.807) is 24.4 Å². The molecule has 1 aromatic heterocycles. The molecular weight excluding hydrogens is 382 g/mol. The Hall–Kier alpha value is -2.64. The van der Waals surface area contributed by atoms with Crippen molar-refractivity contribution in [1.29, 1.82) is 0 Å². The average Bonchev–Trinajstić information content (AvgIpc) is 3.26. The molecule has 7 nitrogen and oxygen atoms in total. The zero-order valence-corrected chi connectivity index (χ0v) is 18.0. The van der Waals surface area contributed by atoms with Crippen LogP contribution in [0.1, 0.15) is 31.9 Å². The number of amides is 1. The van der Waals surface area contributed by atoms with E-state index >= 15 is 0 Å². The number of rotatable bonds is 4. The predicted molar refractivity (Wildman–Crippen MR) is 112 cm³/mol. The zero-order valence-electron chi connectivity index (χ0n) is 18.0. The Morgan fingerprint density at radius 3 is 2.53 bits per heavy atom. The van der Waals surface area contributed by atoms with Crippen LogP contribution < -0.4 is 4.74 Å². The molecule has 2 unspecified atom stereocenters. The van der Waals surface area contributed by atoms with Gasteiger partial charge in [-0.05, 0) is 56.2 Å². The van der Waals surface area contributed by atoms with Crippen LogP contribution in [0.2, 0.25) is 0 Å². The van der Waals surface area contributed by atoms with Gasteiger partial charge < -0.3 is 14.4 Å². The van der Waals surface area contributed by atoms with Gasteiger partial charge in [0, 0.05) is 31.4 Å². The number of methoxy groups -OCH3 is 1. The van der Waals surface area contributed by atoms with Crippen molar-refractivity contribution < 1.29 is 19.1 Å². The van der Waals surface area contributed by atoms with Crippen molar-refractivity contribution in [3.05, 3.63) is 59.9 Å². The predicted octanol–water partition coefficient (Wildman–Crippen LogP) is 3.60. The Morgan fingerprint density at radius 2 is 1.90 bits per heavy atom. The lowest BCUT2D eigenvalue weighted by Crippen LogP contribution is -2.47. The van der Waals surface area contributed by atoms with Gasteiger partial charge in [-0.3, -0.25) is 9.82 Å². The maximum atomic E-state index is 12.8. The molecule has 2 saturated heterocycles. The number of pyridine rings is 1. The zero-order chi connectivity index (χ0) is 21.4. The summed E-state index contributed by atoms with van der Waals surface area (Å²) in [7, 11) is 1.66. The highest BCUT2D eigenvalue weighted by atomic mass is 16.7. The first kappa shape index (κ1) is 20.6. The molecule has 2 aliphatic heterocycles. The smallest absolute Gasteiger partial charge is 0.410 e. The third-order valence-corrected chi connectivity index (χ3v) is 5.74. The SMILES string of the molecule is COc1ccc(CN2OCC3CN(C(=O)OC(C)(C)C)CC32c2ccncc2)cc1. The van der Waals surface area contributed by atoms with E-state index in [4.69, 9.17) is 14.3 Å². The Balaban J connectivity index is 1.63. The van der Waals surface area contributed by atoms with Crippen LogP contribution >= 0.6 is 0 Å². The van der Waals surface area contributed by atoms with Crippen molar-refractivity contribution in [2.24, 2.45) is 5.92 Å². The molecule has 2 aromatic rings. The molecule has 4 rings (SSSR count). The van der Waals surface area contributed by atoms with Crippen molar-refractivity contribution in [3.8, 4) is 5.75 Å². The number of ether oxygens (including phenoxy) is 2. The molecular formula is C23H29N3O4. The van der Waals surface area contributed by atoms with Gasteiger partial charge >= 0.3 is 6.09 Å². The molecule has 1 amide bonds. The number of likely N-dealkylation sites (tertiary alicyclic amines) is 1. The first-order chi connectivity index (χ1) is 14.3. The molecule has 30 heavy (non-hydrogen) atoms. The third kappa shape index (κ3) is 3.87. The largest absolute Gasteiger partial charge is 0.497 e. The molecule has 7 heteroatoms. The summed E-state index contributed by atoms with van der Waals surface area (Å²) in [5.41, 5.74) is 1.23. The molecule has 0 bridgehead atoms. The molecule has 2 fully saturated rings. The summed E-state index contributed by atoms with van der Waals surface area (Å²) < 4.78 is 10.9. The maximum Gasteiger partial charge on any atom is 0.410 e. The maximum absolute atomic E-state index is 12.8. The number of fused-ring (bicyclic) bond motifs is 1. The fourth-order valence-corrected chi connectivity index (χ4v) is 4.33. The lowest BCUT2D eigenvalue weighted by atomic mass is 9.81. The standard InChI is InChI=1S/C23H29N3O4/c1-22(2,3)30-21(27)25-14-19-15-29-26(13-17-5-7-20(28-4)8-6-17)23(19,16-25)18-9-11-24-12-10-18/h5-12,19H,13-16H2,1-4H3. The second-order valence-electron chi connectivity index (χ2n) is 8.90. The Kier molecular flexibility index (Phi) is 5.42. The molecule has 1 aromatic carbocycles. The van der Waals surface area contributed by atoms with Gasteiger partial charge in [0.05, 0.1) is 25.8 Å². The number of hydrogen-bond acceptors (Lipinski definition) is 6. The molecule has 160 valence electrons. The average molecular weight is 412 g/mol. The van der Waals surface area contributed by atoms with Gasteiger partial charge in [-0.1, -0.05) is 12.1 Å². The van der Waals surface area contributed by atoms with Gasteiger partial charge in [-0.15, -0.1) is 0 Å². The Labute approximate surface area is 177 Å². The van der Waals surface area contributed by atoms with Crippen LogP contribution in [0, 0.1) is 5.92 Å². The van der Waals surface area contributed by atoms with Crippen LogP contribution in [0.25, 0.3) is 0 Å². The number of hydrogen-bond donors (Lipinski definition) is 0. The number of carbonyl (C=O) groups excluding carboxylic acids is 1. The second-order valence-corrected chi connectivity index (χ2v) is 8.90. The first-order valence-electron chi connectivity index (χ1n) is 10.2. The molecule has 0 saturated carbocycles. The number of hydroxylamine groups is 2. The minimum absolute atomic E-state index is 0.144. The Morgan fingerprint density at radius 1 is 1.20 bits per heavy atom. The van der Waals surface area contributed by atoms with E-state index in [9.17, 15) is 4.79 Å². The first-order valence-corrected chi connectivity index (χ1v) is 10.2. The van der Waals surface area contributed by atoms with Crippen molar-refractivity contribution in [3.63, 3.8) is 0 Å². The van der Waals surface area contributed by atoms with E-state index in [0.717, 1.165) is 16.9 Å². The third-order valence-electron chi connectivity index (χ3n) is 5.74. The van der Waals surface area contributed by atoms with Crippen molar-refractivity contribution in [1.82, 2.24) is 14.9 Å². The summed E-state index contributed by atoms with van der Waals surface area (Å²) in [6, 6.07) is 12.0. The van der Waals surface area contributed by atoms with Crippen molar-refractivity contribution in [2.75, 3.05) is 26.8 Å². The minimum atomic E-state index is -0.530. The normalized spacial score (nSPS) is 24.0. The highest BCUT2D eigenvalue weighted by Crippen LogP contribution is 2.47. The summed E-state index contributed by atoms with van der Waals surface area (Å²) in [5.74, 6) is 0.963. The van der Waals surface area contributed by atoms with E-state index in [2.05, 4.69) is 4.98 Å². The van der Waals surface area contributed by atoms with Gasteiger partial charge in [0.2, 0.25) is 0 Å². The van der Waals surface area contributed by atoms with Crippen LogP contribution in [0.15, 0.2) is 48.8 Å². The number of benzene rings is 1. The molecule has 0 N–H and O–H groups in total. The quantitative estimate of drug-likeness (QED) is 0.766. The molecule has 0 aliphatic carbocycles. The summed E-state index contributed by atoms with van der Waals surface area (Å²) in [6.07, 6.45) is 3.30. The molecule has 2 atom stereocenters. The highest BCUT2D eigenvalue weighted by molar-refractivity contribution is 5.69. The van der Waals surface area contributed by atoms with Crippen LogP contribution in [0.4, 0.5) is 4.79 Å². The lowest BCUT2D eigenvalue weighted by Gasteiger charge is -2.37. The van der Waals surface area contributed by atoms with E-state index in [1.807, 2.05) is 62.2 Å². The fourth-order valence-electron chi connectivity index (χ4n) is 4.33.